The minimum Gasteiger partial charge on any atom is -0.486 e. The summed E-state index contributed by atoms with van der Waals surface area (Å²) in [7, 11) is 0. The smallest absolute Gasteiger partial charge is 0.162 e. The summed E-state index contributed by atoms with van der Waals surface area (Å²) in [6.07, 6.45) is 0.655. The third-order valence-electron chi connectivity index (χ3n) is 3.02. The van der Waals surface area contributed by atoms with Gasteiger partial charge in [0.05, 0.1) is 5.60 Å². The fourth-order valence-electron chi connectivity index (χ4n) is 2.07. The number of hydrogen-bond acceptors (Lipinski definition) is 5. The zero-order chi connectivity index (χ0) is 13.9. The molecule has 2 unspecified atom stereocenters. The highest BCUT2D eigenvalue weighted by Crippen LogP contribution is 2.36. The van der Waals surface area contributed by atoms with Crippen molar-refractivity contribution < 1.29 is 14.6 Å². The first-order valence-corrected chi connectivity index (χ1v) is 7.37. The highest BCUT2D eigenvalue weighted by atomic mass is 32.2. The third-order valence-corrected chi connectivity index (χ3v) is 4.11. The Labute approximate surface area is 118 Å². The van der Waals surface area contributed by atoms with Crippen LogP contribution in [0.2, 0.25) is 0 Å². The van der Waals surface area contributed by atoms with Gasteiger partial charge in [-0.1, -0.05) is 6.92 Å². The van der Waals surface area contributed by atoms with Gasteiger partial charge in [0, 0.05) is 16.7 Å². The molecule has 0 bridgehead atoms. The Morgan fingerprint density at radius 2 is 2.05 bits per heavy atom. The minimum absolute atomic E-state index is 0.277. The number of fused-ring (bicyclic) bond motifs is 1. The van der Waals surface area contributed by atoms with Crippen LogP contribution in [0.5, 0.6) is 11.5 Å². The molecule has 1 aromatic carbocycles. The fraction of sp³-hybridized carbons (Fsp3) is 0.571. The second-order valence-electron chi connectivity index (χ2n) is 5.14. The average molecular weight is 283 g/mol. The molecular weight excluding hydrogens is 262 g/mol. The first-order valence-electron chi connectivity index (χ1n) is 6.49. The van der Waals surface area contributed by atoms with Crippen LogP contribution in [0.15, 0.2) is 23.1 Å². The summed E-state index contributed by atoms with van der Waals surface area (Å²) in [5, 5.41) is 10.3. The molecular formula is C14H21NO3S. The monoisotopic (exact) mass is 283 g/mol. The Bertz CT molecular complexity index is 437. The maximum atomic E-state index is 9.98. The van der Waals surface area contributed by atoms with Gasteiger partial charge in [-0.3, -0.25) is 0 Å². The van der Waals surface area contributed by atoms with E-state index < -0.39 is 5.60 Å². The molecule has 0 fully saturated rings. The number of thioether (sulfide) groups is 1. The second kappa shape index (κ2) is 6.03. The summed E-state index contributed by atoms with van der Waals surface area (Å²) in [4.78, 5) is 1.12. The lowest BCUT2D eigenvalue weighted by molar-refractivity contribution is 0.0608. The molecule has 0 spiro atoms. The summed E-state index contributed by atoms with van der Waals surface area (Å²) in [5.74, 6) is 1.60. The Balaban J connectivity index is 1.99. The van der Waals surface area contributed by atoms with Crippen LogP contribution in [-0.4, -0.2) is 35.7 Å². The van der Waals surface area contributed by atoms with Crippen molar-refractivity contribution >= 4 is 11.8 Å². The van der Waals surface area contributed by atoms with Gasteiger partial charge >= 0.3 is 0 Å². The predicted molar refractivity (Wildman–Crippen MR) is 77.0 cm³/mol. The molecule has 106 valence electrons. The molecule has 2 rings (SSSR count). The molecule has 1 aliphatic rings. The van der Waals surface area contributed by atoms with E-state index in [-0.39, 0.29) is 11.8 Å². The van der Waals surface area contributed by atoms with Crippen molar-refractivity contribution in [2.75, 3.05) is 19.8 Å². The molecule has 0 amide bonds. The number of rotatable bonds is 5. The van der Waals surface area contributed by atoms with Crippen molar-refractivity contribution in [2.45, 2.75) is 36.0 Å². The van der Waals surface area contributed by atoms with Gasteiger partial charge in [-0.25, -0.2) is 0 Å². The molecule has 0 saturated carbocycles. The predicted octanol–water partition coefficient (Wildman–Crippen LogP) is 2.04. The van der Waals surface area contributed by atoms with Crippen molar-refractivity contribution in [3.05, 3.63) is 18.2 Å². The van der Waals surface area contributed by atoms with Crippen LogP contribution in [0.3, 0.4) is 0 Å². The van der Waals surface area contributed by atoms with Gasteiger partial charge in [0.15, 0.2) is 11.5 Å². The molecule has 0 radical (unpaired) electrons. The van der Waals surface area contributed by atoms with Gasteiger partial charge in [-0.2, -0.15) is 0 Å². The van der Waals surface area contributed by atoms with Gasteiger partial charge in [-0.15, -0.1) is 11.8 Å². The zero-order valence-electron chi connectivity index (χ0n) is 11.4. The van der Waals surface area contributed by atoms with E-state index in [2.05, 4.69) is 6.92 Å². The number of ether oxygens (including phenoxy) is 2. The van der Waals surface area contributed by atoms with Gasteiger partial charge in [0.25, 0.3) is 0 Å². The molecule has 1 heterocycles. The Morgan fingerprint density at radius 3 is 2.74 bits per heavy atom. The molecule has 0 aromatic heterocycles. The quantitative estimate of drug-likeness (QED) is 0.810. The maximum Gasteiger partial charge on any atom is 0.162 e. The normalized spacial score (nSPS) is 18.7. The number of benzene rings is 1. The van der Waals surface area contributed by atoms with Crippen LogP contribution in [0, 0.1) is 0 Å². The van der Waals surface area contributed by atoms with Crippen molar-refractivity contribution in [1.29, 1.82) is 0 Å². The van der Waals surface area contributed by atoms with E-state index in [1.54, 1.807) is 18.7 Å². The summed E-state index contributed by atoms with van der Waals surface area (Å²) in [5.41, 5.74) is 4.74. The maximum absolute atomic E-state index is 9.98. The molecule has 0 aliphatic carbocycles. The number of hydrogen-bond donors (Lipinski definition) is 2. The molecule has 4 nitrogen and oxygen atoms in total. The van der Waals surface area contributed by atoms with Crippen LogP contribution < -0.4 is 15.2 Å². The lowest BCUT2D eigenvalue weighted by atomic mass is 10.0. The molecule has 1 aromatic rings. The third kappa shape index (κ3) is 4.03. The van der Waals surface area contributed by atoms with Crippen LogP contribution >= 0.6 is 11.8 Å². The molecule has 2 atom stereocenters. The lowest BCUT2D eigenvalue weighted by Gasteiger charge is -2.25. The fourth-order valence-corrected chi connectivity index (χ4v) is 3.30. The van der Waals surface area contributed by atoms with Crippen LogP contribution in [0.4, 0.5) is 0 Å². The summed E-state index contributed by atoms with van der Waals surface area (Å²) < 4.78 is 11.1. The SMILES string of the molecule is CC(CC(C)(O)CN)Sc1ccc2c(c1)OCCO2. The highest BCUT2D eigenvalue weighted by Gasteiger charge is 2.22. The van der Waals surface area contributed by atoms with E-state index in [4.69, 9.17) is 15.2 Å². The van der Waals surface area contributed by atoms with Crippen LogP contribution in [0.1, 0.15) is 20.3 Å². The average Bonchev–Trinajstić information content (AvgIpc) is 2.38. The summed E-state index contributed by atoms with van der Waals surface area (Å²) >= 11 is 1.71. The zero-order valence-corrected chi connectivity index (χ0v) is 12.2. The van der Waals surface area contributed by atoms with E-state index in [0.717, 1.165) is 16.4 Å². The van der Waals surface area contributed by atoms with Gasteiger partial charge in [0.1, 0.15) is 13.2 Å². The summed E-state index contributed by atoms with van der Waals surface area (Å²) in [6.45, 7) is 5.34. The van der Waals surface area contributed by atoms with Crippen molar-refractivity contribution in [3.63, 3.8) is 0 Å². The Morgan fingerprint density at radius 1 is 1.37 bits per heavy atom. The number of aliphatic hydroxyl groups is 1. The standard InChI is InChI=1S/C14H21NO3S/c1-10(8-14(2,16)9-15)19-11-3-4-12-13(7-11)18-6-5-17-12/h3-4,7,10,16H,5-6,8-9,15H2,1-2H3. The van der Waals surface area contributed by atoms with E-state index in [0.29, 0.717) is 19.6 Å². The van der Waals surface area contributed by atoms with Crippen LogP contribution in [0.25, 0.3) is 0 Å². The van der Waals surface area contributed by atoms with E-state index in [9.17, 15) is 5.11 Å². The second-order valence-corrected chi connectivity index (χ2v) is 6.65. The van der Waals surface area contributed by atoms with Crippen molar-refractivity contribution in [3.8, 4) is 11.5 Å². The topological polar surface area (TPSA) is 64.7 Å². The van der Waals surface area contributed by atoms with Gasteiger partial charge < -0.3 is 20.3 Å². The molecule has 3 N–H and O–H groups in total. The minimum atomic E-state index is -0.805. The van der Waals surface area contributed by atoms with E-state index in [1.165, 1.54) is 0 Å². The first kappa shape index (κ1) is 14.5. The number of nitrogens with two attached hydrogens (primary N) is 1. The highest BCUT2D eigenvalue weighted by molar-refractivity contribution is 7.99. The first-order chi connectivity index (χ1) is 9.00. The Hall–Kier alpha value is -0.910. The van der Waals surface area contributed by atoms with Crippen LogP contribution in [-0.2, 0) is 0 Å². The van der Waals surface area contributed by atoms with Gasteiger partial charge in [-0.05, 0) is 31.5 Å². The molecule has 19 heavy (non-hydrogen) atoms. The molecule has 5 heteroatoms. The molecule has 0 saturated heterocycles. The lowest BCUT2D eigenvalue weighted by Crippen LogP contribution is -2.36. The van der Waals surface area contributed by atoms with Crippen molar-refractivity contribution in [2.24, 2.45) is 5.73 Å². The molecule has 1 aliphatic heterocycles. The van der Waals surface area contributed by atoms with E-state index in [1.807, 2.05) is 18.2 Å². The van der Waals surface area contributed by atoms with Gasteiger partial charge in [0.2, 0.25) is 0 Å². The summed E-state index contributed by atoms with van der Waals surface area (Å²) in [6, 6.07) is 5.95. The van der Waals surface area contributed by atoms with E-state index >= 15 is 0 Å². The van der Waals surface area contributed by atoms with Crippen molar-refractivity contribution in [1.82, 2.24) is 0 Å². The largest absolute Gasteiger partial charge is 0.486 e. The Kier molecular flexibility index (Phi) is 4.60.